The monoisotopic (exact) mass is 138 g/mol. The van der Waals surface area contributed by atoms with Gasteiger partial charge in [0.25, 0.3) is 0 Å². The van der Waals surface area contributed by atoms with Gasteiger partial charge in [0.2, 0.25) is 6.43 Å². The average Bonchev–Trinajstić information content (AvgIpc) is 1.80. The highest BCUT2D eigenvalue weighted by atomic mass is 19.3. The number of hydrogen-bond acceptors (Lipinski definition) is 1. The first-order chi connectivity index (χ1) is 4.27. The standard InChI is InChI=1S/C6H12F2O/c1-2-4-9-5-3-6(7)8/h6H,2-5H2,1H3. The van der Waals surface area contributed by atoms with Gasteiger partial charge in [-0.25, -0.2) is 8.78 Å². The van der Waals surface area contributed by atoms with Crippen molar-refractivity contribution in [3.05, 3.63) is 0 Å². The van der Waals surface area contributed by atoms with Crippen LogP contribution in [0.1, 0.15) is 19.8 Å². The van der Waals surface area contributed by atoms with Gasteiger partial charge in [-0.1, -0.05) is 6.92 Å². The maximum absolute atomic E-state index is 11.4. The summed E-state index contributed by atoms with van der Waals surface area (Å²) in [4.78, 5) is 0. The normalized spacial score (nSPS) is 10.7. The van der Waals surface area contributed by atoms with Gasteiger partial charge in [-0.15, -0.1) is 0 Å². The van der Waals surface area contributed by atoms with E-state index in [4.69, 9.17) is 4.74 Å². The van der Waals surface area contributed by atoms with Crippen LogP contribution in [0, 0.1) is 0 Å². The van der Waals surface area contributed by atoms with Crippen LogP contribution in [-0.4, -0.2) is 19.6 Å². The summed E-state index contributed by atoms with van der Waals surface area (Å²) in [5.74, 6) is 0. The molecule has 0 radical (unpaired) electrons. The van der Waals surface area contributed by atoms with Gasteiger partial charge < -0.3 is 4.74 Å². The molecule has 0 atom stereocenters. The Balaban J connectivity index is 2.75. The minimum atomic E-state index is -2.22. The third-order valence-electron chi connectivity index (χ3n) is 0.829. The Morgan fingerprint density at radius 2 is 2.00 bits per heavy atom. The van der Waals surface area contributed by atoms with Gasteiger partial charge in [0.05, 0.1) is 6.61 Å². The lowest BCUT2D eigenvalue weighted by Crippen LogP contribution is -2.00. The Morgan fingerprint density at radius 3 is 2.44 bits per heavy atom. The molecule has 0 aliphatic rings. The molecule has 0 bridgehead atoms. The van der Waals surface area contributed by atoms with E-state index in [-0.39, 0.29) is 13.0 Å². The molecule has 3 heteroatoms. The second-order valence-corrected chi connectivity index (χ2v) is 1.79. The summed E-state index contributed by atoms with van der Waals surface area (Å²) >= 11 is 0. The van der Waals surface area contributed by atoms with E-state index in [9.17, 15) is 8.78 Å². The second kappa shape index (κ2) is 5.95. The molecular weight excluding hydrogens is 126 g/mol. The fraction of sp³-hybridized carbons (Fsp3) is 1.00. The lowest BCUT2D eigenvalue weighted by Gasteiger charge is -1.99. The van der Waals surface area contributed by atoms with Crippen molar-refractivity contribution in [2.24, 2.45) is 0 Å². The maximum Gasteiger partial charge on any atom is 0.240 e. The van der Waals surface area contributed by atoms with Crippen LogP contribution in [0.5, 0.6) is 0 Å². The van der Waals surface area contributed by atoms with E-state index in [2.05, 4.69) is 0 Å². The Labute approximate surface area is 54.0 Å². The molecule has 0 aromatic carbocycles. The van der Waals surface area contributed by atoms with Crippen LogP contribution in [0.15, 0.2) is 0 Å². The van der Waals surface area contributed by atoms with Crippen LogP contribution in [0.25, 0.3) is 0 Å². The zero-order chi connectivity index (χ0) is 7.11. The minimum absolute atomic E-state index is 0.139. The van der Waals surface area contributed by atoms with Crippen LogP contribution in [-0.2, 0) is 4.74 Å². The van der Waals surface area contributed by atoms with Crippen LogP contribution in [0.2, 0.25) is 0 Å². The summed E-state index contributed by atoms with van der Waals surface area (Å²) in [6.45, 7) is 2.72. The van der Waals surface area contributed by atoms with Crippen molar-refractivity contribution >= 4 is 0 Å². The van der Waals surface area contributed by atoms with Gasteiger partial charge in [0.1, 0.15) is 0 Å². The van der Waals surface area contributed by atoms with E-state index < -0.39 is 6.43 Å². The highest BCUT2D eigenvalue weighted by molar-refractivity contribution is 4.37. The average molecular weight is 138 g/mol. The van der Waals surface area contributed by atoms with Crippen molar-refractivity contribution in [3.63, 3.8) is 0 Å². The van der Waals surface area contributed by atoms with Crippen LogP contribution >= 0.6 is 0 Å². The smallest absolute Gasteiger partial charge is 0.240 e. The summed E-state index contributed by atoms with van der Waals surface area (Å²) < 4.78 is 27.6. The summed E-state index contributed by atoms with van der Waals surface area (Å²) in [5.41, 5.74) is 0. The van der Waals surface area contributed by atoms with Crippen molar-refractivity contribution in [3.8, 4) is 0 Å². The third-order valence-corrected chi connectivity index (χ3v) is 0.829. The molecule has 0 aromatic rings. The first-order valence-corrected chi connectivity index (χ1v) is 3.13. The molecule has 0 unspecified atom stereocenters. The van der Waals surface area contributed by atoms with Gasteiger partial charge in [-0.2, -0.15) is 0 Å². The molecule has 9 heavy (non-hydrogen) atoms. The molecule has 0 rings (SSSR count). The number of halogens is 2. The molecule has 0 spiro atoms. The van der Waals surface area contributed by atoms with Crippen molar-refractivity contribution in [2.45, 2.75) is 26.2 Å². The molecule has 0 aliphatic heterocycles. The largest absolute Gasteiger partial charge is 0.381 e. The Morgan fingerprint density at radius 1 is 1.33 bits per heavy atom. The lowest BCUT2D eigenvalue weighted by molar-refractivity contribution is 0.0670. The van der Waals surface area contributed by atoms with E-state index in [0.717, 1.165) is 6.42 Å². The molecule has 1 nitrogen and oxygen atoms in total. The zero-order valence-corrected chi connectivity index (χ0v) is 5.57. The Kier molecular flexibility index (Phi) is 5.83. The molecule has 0 amide bonds. The van der Waals surface area contributed by atoms with Gasteiger partial charge in [-0.05, 0) is 6.42 Å². The fourth-order valence-corrected chi connectivity index (χ4v) is 0.419. The number of hydrogen-bond donors (Lipinski definition) is 0. The highest BCUT2D eigenvalue weighted by Gasteiger charge is 1.99. The minimum Gasteiger partial charge on any atom is -0.381 e. The second-order valence-electron chi connectivity index (χ2n) is 1.79. The van der Waals surface area contributed by atoms with Crippen LogP contribution in [0.3, 0.4) is 0 Å². The quantitative estimate of drug-likeness (QED) is 0.528. The third kappa shape index (κ3) is 7.82. The summed E-state index contributed by atoms with van der Waals surface area (Å²) in [6, 6.07) is 0. The van der Waals surface area contributed by atoms with Gasteiger partial charge in [0, 0.05) is 13.0 Å². The molecule has 0 saturated heterocycles. The molecule has 0 saturated carbocycles. The van der Waals surface area contributed by atoms with Crippen molar-refractivity contribution in [2.75, 3.05) is 13.2 Å². The van der Waals surface area contributed by atoms with Crippen molar-refractivity contribution in [1.82, 2.24) is 0 Å². The number of alkyl halides is 2. The summed E-state index contributed by atoms with van der Waals surface area (Å²) in [6.07, 6.45) is -1.47. The van der Waals surface area contributed by atoms with Crippen molar-refractivity contribution in [1.29, 1.82) is 0 Å². The van der Waals surface area contributed by atoms with Crippen molar-refractivity contribution < 1.29 is 13.5 Å². The van der Waals surface area contributed by atoms with Gasteiger partial charge >= 0.3 is 0 Å². The molecule has 0 N–H and O–H groups in total. The Bertz CT molecular complexity index is 57.0. The molecule has 0 aliphatic carbocycles. The lowest BCUT2D eigenvalue weighted by atomic mass is 10.5. The molecule has 0 heterocycles. The van der Waals surface area contributed by atoms with E-state index in [1.165, 1.54) is 0 Å². The Hall–Kier alpha value is -0.180. The maximum atomic E-state index is 11.4. The number of rotatable bonds is 5. The van der Waals surface area contributed by atoms with E-state index in [1.54, 1.807) is 0 Å². The predicted octanol–water partition coefficient (Wildman–Crippen LogP) is 2.07. The number of ether oxygens (including phenoxy) is 1. The van der Waals surface area contributed by atoms with Crippen LogP contribution < -0.4 is 0 Å². The molecular formula is C6H12F2O. The highest BCUT2D eigenvalue weighted by Crippen LogP contribution is 1.98. The summed E-state index contributed by atoms with van der Waals surface area (Å²) in [5, 5.41) is 0. The molecule has 0 aromatic heterocycles. The zero-order valence-electron chi connectivity index (χ0n) is 5.57. The fourth-order valence-electron chi connectivity index (χ4n) is 0.419. The van der Waals surface area contributed by atoms with Gasteiger partial charge in [0.15, 0.2) is 0 Å². The SMILES string of the molecule is CCCOCCC(F)F. The predicted molar refractivity (Wildman–Crippen MR) is 31.7 cm³/mol. The topological polar surface area (TPSA) is 9.23 Å². The van der Waals surface area contributed by atoms with E-state index >= 15 is 0 Å². The summed E-state index contributed by atoms with van der Waals surface area (Å²) in [7, 11) is 0. The van der Waals surface area contributed by atoms with Gasteiger partial charge in [-0.3, -0.25) is 0 Å². The van der Waals surface area contributed by atoms with E-state index in [1.807, 2.05) is 6.92 Å². The molecule has 56 valence electrons. The van der Waals surface area contributed by atoms with E-state index in [0.29, 0.717) is 6.61 Å². The van der Waals surface area contributed by atoms with Crippen LogP contribution in [0.4, 0.5) is 8.78 Å². The molecule has 0 fully saturated rings. The first-order valence-electron chi connectivity index (χ1n) is 3.13. The first kappa shape index (κ1) is 8.82.